The van der Waals surface area contributed by atoms with Crippen LogP contribution < -0.4 is 5.76 Å². The number of aromatic nitrogens is 1. The van der Waals surface area contributed by atoms with Crippen LogP contribution in [0, 0.1) is 0 Å². The van der Waals surface area contributed by atoms with Gasteiger partial charge in [-0.2, -0.15) is 0 Å². The van der Waals surface area contributed by atoms with Crippen LogP contribution in [0.5, 0.6) is 0 Å². The largest absolute Gasteiger partial charge is 0.419 e. The van der Waals surface area contributed by atoms with Gasteiger partial charge in [0.2, 0.25) is 5.91 Å². The van der Waals surface area contributed by atoms with Crippen molar-refractivity contribution >= 4 is 28.3 Å². The second kappa shape index (κ2) is 9.59. The number of benzene rings is 2. The van der Waals surface area contributed by atoms with Gasteiger partial charge in [-0.3, -0.25) is 9.36 Å². The fraction of sp³-hybridized carbons (Fsp3) is 0.250. The number of carbonyl (C=O) groups is 1. The molecule has 0 saturated carbocycles. The molecule has 0 fully saturated rings. The first kappa shape index (κ1) is 20.2. The molecule has 0 bridgehead atoms. The fourth-order valence-corrected chi connectivity index (χ4v) is 4.28. The van der Waals surface area contributed by atoms with Crippen LogP contribution >= 0.6 is 11.3 Å². The molecule has 0 saturated heterocycles. The molecule has 154 valence electrons. The van der Waals surface area contributed by atoms with Gasteiger partial charge in [0, 0.05) is 24.4 Å². The number of fused-ring (bicyclic) bond motifs is 1. The Morgan fingerprint density at radius 2 is 1.80 bits per heavy atom. The number of para-hydroxylation sites is 2. The molecule has 0 spiro atoms. The van der Waals surface area contributed by atoms with E-state index in [9.17, 15) is 9.59 Å². The van der Waals surface area contributed by atoms with Gasteiger partial charge in [-0.25, -0.2) is 4.79 Å². The van der Waals surface area contributed by atoms with Crippen molar-refractivity contribution < 1.29 is 9.21 Å². The van der Waals surface area contributed by atoms with E-state index in [-0.39, 0.29) is 11.7 Å². The van der Waals surface area contributed by atoms with Crippen LogP contribution in [0.2, 0.25) is 0 Å². The Balaban J connectivity index is 1.39. The van der Waals surface area contributed by atoms with Crippen LogP contribution in [0.25, 0.3) is 11.1 Å². The molecule has 1 amide bonds. The highest BCUT2D eigenvalue weighted by Gasteiger charge is 2.15. The van der Waals surface area contributed by atoms with Crippen molar-refractivity contribution in [3.05, 3.63) is 93.1 Å². The summed E-state index contributed by atoms with van der Waals surface area (Å²) in [6.45, 7) is 1.76. The average Bonchev–Trinajstić information content (AvgIpc) is 3.39. The van der Waals surface area contributed by atoms with E-state index in [1.807, 2.05) is 52.7 Å². The van der Waals surface area contributed by atoms with Gasteiger partial charge in [0.1, 0.15) is 0 Å². The number of rotatable bonds is 9. The third-order valence-corrected chi connectivity index (χ3v) is 6.00. The van der Waals surface area contributed by atoms with E-state index >= 15 is 0 Å². The Hall–Kier alpha value is -3.12. The highest BCUT2D eigenvalue weighted by molar-refractivity contribution is 7.09. The molecule has 2 aromatic carbocycles. The standard InChI is InChI=1S/C24H24N2O3S/c27-23(13-6-15-26-21-11-4-5-12-22(21)29-24(26)28)25(18-20-10-7-17-30-20)16-14-19-8-2-1-3-9-19/h1-5,7-12,17H,6,13-16,18H2. The van der Waals surface area contributed by atoms with Crippen LogP contribution in [0.1, 0.15) is 23.3 Å². The van der Waals surface area contributed by atoms with E-state index in [4.69, 9.17) is 4.42 Å². The summed E-state index contributed by atoms with van der Waals surface area (Å²) in [4.78, 5) is 28.2. The van der Waals surface area contributed by atoms with E-state index in [1.54, 1.807) is 22.0 Å². The van der Waals surface area contributed by atoms with Crippen molar-refractivity contribution in [2.45, 2.75) is 32.4 Å². The highest BCUT2D eigenvalue weighted by Crippen LogP contribution is 2.16. The van der Waals surface area contributed by atoms with Crippen LogP contribution in [0.3, 0.4) is 0 Å². The molecule has 0 aliphatic rings. The van der Waals surface area contributed by atoms with E-state index in [2.05, 4.69) is 18.2 Å². The Morgan fingerprint density at radius 1 is 1.00 bits per heavy atom. The molecule has 2 aromatic heterocycles. The maximum atomic E-state index is 13.0. The molecule has 0 aliphatic heterocycles. The second-order valence-electron chi connectivity index (χ2n) is 7.22. The maximum absolute atomic E-state index is 13.0. The van der Waals surface area contributed by atoms with Gasteiger partial charge in [-0.1, -0.05) is 48.5 Å². The van der Waals surface area contributed by atoms with Crippen LogP contribution in [0.4, 0.5) is 0 Å². The van der Waals surface area contributed by atoms with Gasteiger partial charge >= 0.3 is 5.76 Å². The zero-order valence-electron chi connectivity index (χ0n) is 16.7. The summed E-state index contributed by atoms with van der Waals surface area (Å²) in [5.74, 6) is -0.261. The first-order valence-electron chi connectivity index (χ1n) is 10.1. The molecule has 0 radical (unpaired) electrons. The summed E-state index contributed by atoms with van der Waals surface area (Å²) in [5.41, 5.74) is 2.57. The summed E-state index contributed by atoms with van der Waals surface area (Å²) < 4.78 is 6.88. The molecule has 0 atom stereocenters. The third-order valence-electron chi connectivity index (χ3n) is 5.14. The Bertz CT molecular complexity index is 1150. The summed E-state index contributed by atoms with van der Waals surface area (Å²) in [5, 5.41) is 2.03. The number of oxazole rings is 1. The minimum absolute atomic E-state index is 0.111. The van der Waals surface area contributed by atoms with Crippen molar-refractivity contribution in [3.8, 4) is 0 Å². The number of hydrogen-bond donors (Lipinski definition) is 0. The quantitative estimate of drug-likeness (QED) is 0.394. The van der Waals surface area contributed by atoms with Gasteiger partial charge in [0.15, 0.2) is 5.58 Å². The van der Waals surface area contributed by atoms with Gasteiger partial charge in [-0.05, 0) is 42.0 Å². The Morgan fingerprint density at radius 3 is 2.60 bits per heavy atom. The Labute approximate surface area is 179 Å². The lowest BCUT2D eigenvalue weighted by atomic mass is 10.1. The third kappa shape index (κ3) is 4.89. The minimum atomic E-state index is -0.372. The number of aryl methyl sites for hydroxylation is 1. The van der Waals surface area contributed by atoms with Crippen LogP contribution in [-0.2, 0) is 24.3 Å². The van der Waals surface area contributed by atoms with Crippen molar-refractivity contribution in [2.24, 2.45) is 0 Å². The van der Waals surface area contributed by atoms with Crippen molar-refractivity contribution in [1.29, 1.82) is 0 Å². The first-order chi connectivity index (χ1) is 14.7. The number of thiophene rings is 1. The fourth-order valence-electron chi connectivity index (χ4n) is 3.56. The molecule has 5 nitrogen and oxygen atoms in total. The molecular formula is C24H24N2O3S. The first-order valence-corrected chi connectivity index (χ1v) is 11.0. The maximum Gasteiger partial charge on any atom is 0.419 e. The predicted octanol–water partition coefficient (Wildman–Crippen LogP) is 4.71. The van der Waals surface area contributed by atoms with Crippen molar-refractivity contribution in [3.63, 3.8) is 0 Å². The predicted molar refractivity (Wildman–Crippen MR) is 120 cm³/mol. The summed E-state index contributed by atoms with van der Waals surface area (Å²) >= 11 is 1.66. The van der Waals surface area contributed by atoms with Gasteiger partial charge in [0.05, 0.1) is 12.1 Å². The van der Waals surface area contributed by atoms with E-state index in [0.29, 0.717) is 38.1 Å². The zero-order valence-corrected chi connectivity index (χ0v) is 17.5. The van der Waals surface area contributed by atoms with E-state index < -0.39 is 0 Å². The lowest BCUT2D eigenvalue weighted by molar-refractivity contribution is -0.131. The summed E-state index contributed by atoms with van der Waals surface area (Å²) in [7, 11) is 0. The number of hydrogen-bond acceptors (Lipinski definition) is 4. The lowest BCUT2D eigenvalue weighted by Crippen LogP contribution is -2.32. The van der Waals surface area contributed by atoms with Gasteiger partial charge in [0.25, 0.3) is 0 Å². The monoisotopic (exact) mass is 420 g/mol. The molecule has 0 aliphatic carbocycles. The van der Waals surface area contributed by atoms with Gasteiger partial charge in [-0.15, -0.1) is 11.3 Å². The average molecular weight is 421 g/mol. The van der Waals surface area contributed by atoms with E-state index in [0.717, 1.165) is 11.9 Å². The SMILES string of the molecule is O=C(CCCn1c(=O)oc2ccccc21)N(CCc1ccccc1)Cc1cccs1. The van der Waals surface area contributed by atoms with Crippen LogP contribution in [0.15, 0.2) is 81.3 Å². The second-order valence-corrected chi connectivity index (χ2v) is 8.25. The molecule has 0 unspecified atom stereocenters. The van der Waals surface area contributed by atoms with Crippen molar-refractivity contribution in [1.82, 2.24) is 9.47 Å². The number of nitrogens with zero attached hydrogens (tertiary/aromatic N) is 2. The molecule has 4 rings (SSSR count). The zero-order chi connectivity index (χ0) is 20.8. The molecule has 4 aromatic rings. The highest BCUT2D eigenvalue weighted by atomic mass is 32.1. The summed E-state index contributed by atoms with van der Waals surface area (Å²) in [6, 6.07) is 21.7. The minimum Gasteiger partial charge on any atom is -0.408 e. The topological polar surface area (TPSA) is 55.5 Å². The lowest BCUT2D eigenvalue weighted by Gasteiger charge is -2.22. The number of carbonyl (C=O) groups excluding carboxylic acids is 1. The van der Waals surface area contributed by atoms with E-state index in [1.165, 1.54) is 10.4 Å². The van der Waals surface area contributed by atoms with Crippen LogP contribution in [-0.4, -0.2) is 21.9 Å². The van der Waals surface area contributed by atoms with Gasteiger partial charge < -0.3 is 9.32 Å². The molecule has 0 N–H and O–H groups in total. The summed E-state index contributed by atoms with van der Waals surface area (Å²) in [6.07, 6.45) is 1.81. The number of amides is 1. The molecule has 2 heterocycles. The molecule has 30 heavy (non-hydrogen) atoms. The normalized spacial score (nSPS) is 11.1. The smallest absolute Gasteiger partial charge is 0.408 e. The Kier molecular flexibility index (Phi) is 6.44. The molecular weight excluding hydrogens is 396 g/mol. The van der Waals surface area contributed by atoms with Crippen molar-refractivity contribution in [2.75, 3.05) is 6.54 Å². The molecule has 6 heteroatoms.